The molecule has 2 aliphatic heterocycles. The van der Waals surface area contributed by atoms with Crippen LogP contribution in [-0.2, 0) is 31.7 Å². The summed E-state index contributed by atoms with van der Waals surface area (Å²) < 4.78 is 20.1. The third-order valence-corrected chi connectivity index (χ3v) is 13.9. The molecule has 0 aromatic carbocycles. The molecule has 12 rings (SSSR count). The van der Waals surface area contributed by atoms with Gasteiger partial charge < -0.3 is 14.7 Å². The van der Waals surface area contributed by atoms with Crippen LogP contribution in [0.5, 0.6) is 0 Å². The van der Waals surface area contributed by atoms with Gasteiger partial charge in [-0.3, -0.25) is 24.1 Å². The Morgan fingerprint density at radius 3 is 1.61 bits per heavy atom. The second kappa shape index (κ2) is 20.8. The van der Waals surface area contributed by atoms with Gasteiger partial charge in [0.2, 0.25) is 5.91 Å². The fraction of sp³-hybridized carbons (Fsp3) is 0.232. The Balaban J connectivity index is 0.000000161. The predicted molar refractivity (Wildman–Crippen MR) is 280 cm³/mol. The number of carbonyl (C=O) groups is 1. The summed E-state index contributed by atoms with van der Waals surface area (Å²) in [7, 11) is 3.76. The molecule has 12 heterocycles. The minimum absolute atomic E-state index is 0.0244. The fourth-order valence-corrected chi connectivity index (χ4v) is 9.91. The van der Waals surface area contributed by atoms with Gasteiger partial charge in [0.25, 0.3) is 0 Å². The van der Waals surface area contributed by atoms with Crippen molar-refractivity contribution in [1.29, 1.82) is 10.5 Å². The average molecular weight is 996 g/mol. The van der Waals surface area contributed by atoms with Crippen LogP contribution < -0.4 is 9.80 Å². The van der Waals surface area contributed by atoms with Crippen LogP contribution in [0.25, 0.3) is 55.5 Å². The quantitative estimate of drug-likeness (QED) is 0.130. The van der Waals surface area contributed by atoms with E-state index in [9.17, 15) is 19.7 Å². The number of nitrogens with zero attached hydrogens (tertiary/aromatic N) is 17. The molecule has 18 nitrogen and oxygen atoms in total. The number of hydrogen-bond acceptors (Lipinski definition) is 13. The van der Waals surface area contributed by atoms with Crippen molar-refractivity contribution in [3.05, 3.63) is 169 Å². The number of hydrogen-bond donors (Lipinski definition) is 0. The van der Waals surface area contributed by atoms with Crippen LogP contribution in [0.1, 0.15) is 35.4 Å². The van der Waals surface area contributed by atoms with Crippen LogP contribution in [0.3, 0.4) is 0 Å². The molecule has 2 fully saturated rings. The SMILES string of the molecule is Cn1cc(-c2cc(-c3ccc(N4CCC(Cc5ccccn5)CC4)nc3)c3c(C#N)cnn3c2)cn1.Cn1cc(-c2cc(-c3ccc(N4CCN(C(=O)Cc5ccc(F)cn5)CC4)nc3)c3c(C#N)cnn3c2)cn1. The maximum Gasteiger partial charge on any atom is 0.228 e. The molecule has 0 saturated carbocycles. The molecule has 1 amide bonds. The summed E-state index contributed by atoms with van der Waals surface area (Å²) in [5, 5.41) is 36.7. The van der Waals surface area contributed by atoms with E-state index in [0.717, 1.165) is 106 Å². The van der Waals surface area contributed by atoms with E-state index in [1.807, 2.05) is 87.9 Å². The standard InChI is InChI=1S/C28H24FN9O.C28H26N8/c1-35-17-22(15-33-35)20-10-25(28-21(12-30)14-34-38(28)18-20)19-2-5-26(32-13-19)36-6-8-37(9-7-36)27(39)11-24-4-3-23(29)16-31-24;1-34-18-24(17-32-34)22-13-26(28-23(14-29)16-33-36(28)19-22)21-5-6-27(31-15-21)35-10-7-20(8-11-35)12-25-4-2-3-9-30-25/h2-5,10,13-18H,6-9,11H2,1H3;2-6,9,13,15-20H,7-8,10-12H2,1H3. The molecule has 0 unspecified atom stereocenters. The number of carbonyl (C=O) groups excluding carboxylic acids is 1. The summed E-state index contributed by atoms with van der Waals surface area (Å²) in [5.74, 6) is 2.02. The molecule has 2 saturated heterocycles. The van der Waals surface area contributed by atoms with Crippen LogP contribution in [0.15, 0.2) is 141 Å². The lowest BCUT2D eigenvalue weighted by Gasteiger charge is -2.35. The zero-order valence-electron chi connectivity index (χ0n) is 41.3. The Bertz CT molecular complexity index is 3720. The lowest BCUT2D eigenvalue weighted by molar-refractivity contribution is -0.130. The van der Waals surface area contributed by atoms with E-state index in [1.165, 1.54) is 11.8 Å². The molecular weight excluding hydrogens is 946 g/mol. The normalized spacial score (nSPS) is 13.9. The molecule has 372 valence electrons. The van der Waals surface area contributed by atoms with Gasteiger partial charge in [0.1, 0.15) is 29.6 Å². The highest BCUT2D eigenvalue weighted by atomic mass is 19.1. The van der Waals surface area contributed by atoms with E-state index in [-0.39, 0.29) is 12.3 Å². The Labute approximate surface area is 431 Å². The van der Waals surface area contributed by atoms with Crippen molar-refractivity contribution in [2.24, 2.45) is 20.0 Å². The monoisotopic (exact) mass is 995 g/mol. The number of halogens is 1. The molecular formula is C56H50FN17O. The molecule has 10 aromatic heterocycles. The zero-order valence-corrected chi connectivity index (χ0v) is 41.3. The first-order valence-corrected chi connectivity index (χ1v) is 24.7. The van der Waals surface area contributed by atoms with Crippen molar-refractivity contribution in [3.8, 4) is 56.6 Å². The van der Waals surface area contributed by atoms with Gasteiger partial charge in [0, 0.05) is 153 Å². The van der Waals surface area contributed by atoms with Gasteiger partial charge in [-0.05, 0) is 85.8 Å². The van der Waals surface area contributed by atoms with Gasteiger partial charge in [0.05, 0.1) is 59.6 Å². The molecule has 10 aromatic rings. The smallest absolute Gasteiger partial charge is 0.228 e. The molecule has 0 bridgehead atoms. The summed E-state index contributed by atoms with van der Waals surface area (Å²) in [6, 6.07) is 25.8. The second-order valence-electron chi connectivity index (χ2n) is 18.8. The van der Waals surface area contributed by atoms with E-state index in [4.69, 9.17) is 9.97 Å². The van der Waals surface area contributed by atoms with E-state index >= 15 is 0 Å². The van der Waals surface area contributed by atoms with E-state index in [1.54, 1.807) is 48.0 Å². The minimum atomic E-state index is -0.417. The Morgan fingerprint density at radius 1 is 0.573 bits per heavy atom. The van der Waals surface area contributed by atoms with E-state index < -0.39 is 5.82 Å². The van der Waals surface area contributed by atoms with Gasteiger partial charge in [-0.15, -0.1) is 0 Å². The number of rotatable bonds is 10. The number of fused-ring (bicyclic) bond motifs is 2. The number of anilines is 2. The third kappa shape index (κ3) is 10.2. The number of aryl methyl sites for hydroxylation is 2. The van der Waals surface area contributed by atoms with Gasteiger partial charge >= 0.3 is 0 Å². The Morgan fingerprint density at radius 2 is 1.15 bits per heavy atom. The third-order valence-electron chi connectivity index (χ3n) is 13.9. The first-order valence-electron chi connectivity index (χ1n) is 24.7. The number of pyridine rings is 6. The van der Waals surface area contributed by atoms with Crippen LogP contribution in [0.2, 0.25) is 0 Å². The molecule has 0 radical (unpaired) electrons. The highest BCUT2D eigenvalue weighted by molar-refractivity contribution is 5.89. The molecule has 0 spiro atoms. The largest absolute Gasteiger partial charge is 0.357 e. The summed E-state index contributed by atoms with van der Waals surface area (Å²) in [6.07, 6.45) is 24.7. The lowest BCUT2D eigenvalue weighted by Crippen LogP contribution is -2.49. The molecule has 0 aliphatic carbocycles. The van der Waals surface area contributed by atoms with Gasteiger partial charge in [-0.1, -0.05) is 6.07 Å². The van der Waals surface area contributed by atoms with Crippen LogP contribution in [-0.4, -0.2) is 109 Å². The van der Waals surface area contributed by atoms with Crippen molar-refractivity contribution in [3.63, 3.8) is 0 Å². The second-order valence-corrected chi connectivity index (χ2v) is 18.8. The van der Waals surface area contributed by atoms with Gasteiger partial charge in [-0.2, -0.15) is 30.9 Å². The van der Waals surface area contributed by atoms with Crippen LogP contribution >= 0.6 is 0 Å². The van der Waals surface area contributed by atoms with Crippen molar-refractivity contribution >= 4 is 28.6 Å². The number of aromatic nitrogens is 12. The fourth-order valence-electron chi connectivity index (χ4n) is 9.91. The van der Waals surface area contributed by atoms with Crippen LogP contribution in [0, 0.1) is 34.4 Å². The van der Waals surface area contributed by atoms with Crippen molar-refractivity contribution in [1.82, 2.24) is 63.6 Å². The Kier molecular flexibility index (Phi) is 13.3. The molecule has 75 heavy (non-hydrogen) atoms. The molecule has 19 heteroatoms. The van der Waals surface area contributed by atoms with E-state index in [0.29, 0.717) is 48.9 Å². The van der Waals surface area contributed by atoms with Crippen molar-refractivity contribution in [2.45, 2.75) is 25.7 Å². The first kappa shape index (κ1) is 47.7. The number of amides is 1. The highest BCUT2D eigenvalue weighted by Crippen LogP contribution is 2.35. The topological polar surface area (TPSA) is 196 Å². The molecule has 0 atom stereocenters. The molecule has 0 N–H and O–H groups in total. The summed E-state index contributed by atoms with van der Waals surface area (Å²) in [5.41, 5.74) is 11.7. The maximum atomic E-state index is 13.1. The number of piperidine rings is 1. The Hall–Kier alpha value is -9.62. The highest BCUT2D eigenvalue weighted by Gasteiger charge is 2.24. The van der Waals surface area contributed by atoms with Gasteiger partial charge in [0.15, 0.2) is 0 Å². The van der Waals surface area contributed by atoms with E-state index in [2.05, 4.69) is 82.6 Å². The summed E-state index contributed by atoms with van der Waals surface area (Å²) >= 11 is 0. The van der Waals surface area contributed by atoms with Crippen molar-refractivity contribution in [2.75, 3.05) is 49.1 Å². The number of nitriles is 2. The molecule has 2 aliphatic rings. The maximum absolute atomic E-state index is 13.1. The van der Waals surface area contributed by atoms with Crippen molar-refractivity contribution < 1.29 is 9.18 Å². The zero-order chi connectivity index (χ0) is 51.4. The summed E-state index contributed by atoms with van der Waals surface area (Å²) in [4.78, 5) is 37.0. The summed E-state index contributed by atoms with van der Waals surface area (Å²) in [6.45, 7) is 4.42. The van der Waals surface area contributed by atoms with Crippen LogP contribution in [0.4, 0.5) is 16.0 Å². The lowest BCUT2D eigenvalue weighted by atomic mass is 9.92. The minimum Gasteiger partial charge on any atom is -0.357 e. The van der Waals surface area contributed by atoms with Gasteiger partial charge in [-0.25, -0.2) is 23.4 Å². The number of piperazine rings is 1. The predicted octanol–water partition coefficient (Wildman–Crippen LogP) is 7.62. The average Bonchev–Trinajstić information content (AvgIpc) is 4.29. The first-order chi connectivity index (χ1) is 36.7.